The Hall–Kier alpha value is -2.28. The third-order valence-corrected chi connectivity index (χ3v) is 2.95. The predicted octanol–water partition coefficient (Wildman–Crippen LogP) is 1.23. The molecule has 0 atom stereocenters. The van der Waals surface area contributed by atoms with Crippen molar-refractivity contribution in [1.82, 2.24) is 24.5 Å². The van der Waals surface area contributed by atoms with E-state index in [2.05, 4.69) is 19.9 Å². The highest BCUT2D eigenvalue weighted by molar-refractivity contribution is 7.71. The minimum absolute atomic E-state index is 0.255. The summed E-state index contributed by atoms with van der Waals surface area (Å²) in [6, 6.07) is 3.80. The molecule has 0 fully saturated rings. The van der Waals surface area contributed by atoms with Crippen molar-refractivity contribution in [2.24, 2.45) is 0 Å². The highest BCUT2D eigenvalue weighted by atomic mass is 32.1. The molecule has 0 aliphatic rings. The van der Waals surface area contributed by atoms with Crippen LogP contribution < -0.4 is 5.56 Å². The van der Waals surface area contributed by atoms with Gasteiger partial charge in [-0.3, -0.25) is 19.3 Å². The molecule has 0 aliphatic carbocycles. The first-order chi connectivity index (χ1) is 8.75. The van der Waals surface area contributed by atoms with Gasteiger partial charge in [-0.25, -0.2) is 4.98 Å². The fraction of sp³-hybridized carbons (Fsp3) is 0.0909. The van der Waals surface area contributed by atoms with E-state index in [-0.39, 0.29) is 5.56 Å². The van der Waals surface area contributed by atoms with Crippen molar-refractivity contribution in [3.63, 3.8) is 0 Å². The van der Waals surface area contributed by atoms with Crippen molar-refractivity contribution in [3.05, 3.63) is 51.5 Å². The average Bonchev–Trinajstić information content (AvgIpc) is 2.85. The second-order valence-electron chi connectivity index (χ2n) is 3.81. The van der Waals surface area contributed by atoms with E-state index in [1.165, 1.54) is 6.33 Å². The van der Waals surface area contributed by atoms with Crippen LogP contribution in [0.4, 0.5) is 0 Å². The second kappa shape index (κ2) is 4.19. The molecule has 0 saturated carbocycles. The van der Waals surface area contributed by atoms with Crippen molar-refractivity contribution in [1.29, 1.82) is 0 Å². The topological polar surface area (TPSA) is 79.4 Å². The zero-order chi connectivity index (χ0) is 12.5. The van der Waals surface area contributed by atoms with Crippen molar-refractivity contribution in [3.8, 4) is 0 Å². The zero-order valence-corrected chi connectivity index (χ0v) is 10.1. The van der Waals surface area contributed by atoms with Gasteiger partial charge >= 0.3 is 0 Å². The highest BCUT2D eigenvalue weighted by Gasteiger charge is 2.08. The number of pyridine rings is 1. The van der Waals surface area contributed by atoms with E-state index in [0.717, 1.165) is 5.56 Å². The number of rotatable bonds is 2. The summed E-state index contributed by atoms with van der Waals surface area (Å²) in [5.74, 6) is 0. The first kappa shape index (κ1) is 10.8. The van der Waals surface area contributed by atoms with Crippen LogP contribution in [0, 0.1) is 4.77 Å². The second-order valence-corrected chi connectivity index (χ2v) is 4.19. The number of nitrogens with zero attached hydrogens (tertiary/aromatic N) is 3. The summed E-state index contributed by atoms with van der Waals surface area (Å²) in [6.07, 6.45) is 4.94. The Bertz CT molecular complexity index is 801. The van der Waals surface area contributed by atoms with Gasteiger partial charge in [0.2, 0.25) is 0 Å². The maximum Gasteiger partial charge on any atom is 0.277 e. The van der Waals surface area contributed by atoms with Crippen LogP contribution in [0.1, 0.15) is 5.56 Å². The Morgan fingerprint density at radius 3 is 3.11 bits per heavy atom. The molecule has 0 aliphatic heterocycles. The maximum absolute atomic E-state index is 11.6. The maximum atomic E-state index is 11.6. The molecular formula is C11H9N5OS. The van der Waals surface area contributed by atoms with Crippen LogP contribution in [-0.2, 0) is 6.54 Å². The molecule has 18 heavy (non-hydrogen) atoms. The molecule has 3 rings (SSSR count). The van der Waals surface area contributed by atoms with Crippen LogP contribution in [0.15, 0.2) is 35.6 Å². The Labute approximate surface area is 106 Å². The van der Waals surface area contributed by atoms with Gasteiger partial charge in [-0.15, -0.1) is 0 Å². The largest absolute Gasteiger partial charge is 0.339 e. The molecule has 3 aromatic heterocycles. The van der Waals surface area contributed by atoms with Crippen LogP contribution in [0.3, 0.4) is 0 Å². The molecule has 0 amide bonds. The number of nitrogens with one attached hydrogen (secondary N) is 2. The molecule has 0 unspecified atom stereocenters. The van der Waals surface area contributed by atoms with Gasteiger partial charge in [-0.1, -0.05) is 6.07 Å². The minimum atomic E-state index is -0.255. The molecule has 0 bridgehead atoms. The van der Waals surface area contributed by atoms with E-state index in [1.54, 1.807) is 17.0 Å². The summed E-state index contributed by atoms with van der Waals surface area (Å²) in [5.41, 5.74) is 1.71. The molecular weight excluding hydrogens is 250 g/mol. The van der Waals surface area contributed by atoms with Gasteiger partial charge < -0.3 is 4.98 Å². The van der Waals surface area contributed by atoms with Crippen LogP contribution in [-0.4, -0.2) is 24.5 Å². The zero-order valence-electron chi connectivity index (χ0n) is 9.25. The Morgan fingerprint density at radius 2 is 2.33 bits per heavy atom. The van der Waals surface area contributed by atoms with Crippen molar-refractivity contribution < 1.29 is 0 Å². The third-order valence-electron chi connectivity index (χ3n) is 2.63. The minimum Gasteiger partial charge on any atom is -0.339 e. The van der Waals surface area contributed by atoms with E-state index < -0.39 is 0 Å². The summed E-state index contributed by atoms with van der Waals surface area (Å²) in [6.45, 7) is 0.519. The normalized spacial score (nSPS) is 10.9. The molecule has 0 saturated heterocycles. The van der Waals surface area contributed by atoms with Gasteiger partial charge in [0.15, 0.2) is 10.4 Å². The Balaban J connectivity index is 2.21. The number of aromatic amines is 2. The van der Waals surface area contributed by atoms with Gasteiger partial charge in [-0.2, -0.15) is 0 Å². The fourth-order valence-electron chi connectivity index (χ4n) is 1.80. The summed E-state index contributed by atoms with van der Waals surface area (Å²) in [4.78, 5) is 25.3. The molecule has 90 valence electrons. The summed E-state index contributed by atoms with van der Waals surface area (Å²) in [5, 5.41) is 0. The van der Waals surface area contributed by atoms with E-state index in [0.29, 0.717) is 22.5 Å². The van der Waals surface area contributed by atoms with Gasteiger partial charge in [0.05, 0.1) is 12.9 Å². The molecule has 3 heterocycles. The molecule has 0 spiro atoms. The van der Waals surface area contributed by atoms with E-state index >= 15 is 0 Å². The lowest BCUT2D eigenvalue weighted by Gasteiger charge is -2.06. The lowest BCUT2D eigenvalue weighted by molar-refractivity contribution is 0.770. The number of hydrogen-bond acceptors (Lipinski definition) is 4. The molecule has 0 aromatic carbocycles. The highest BCUT2D eigenvalue weighted by Crippen LogP contribution is 2.07. The average molecular weight is 259 g/mol. The summed E-state index contributed by atoms with van der Waals surface area (Å²) < 4.78 is 2.11. The quantitative estimate of drug-likeness (QED) is 0.678. The van der Waals surface area contributed by atoms with E-state index in [9.17, 15) is 4.79 Å². The van der Waals surface area contributed by atoms with Gasteiger partial charge in [0.25, 0.3) is 5.56 Å². The molecule has 2 N–H and O–H groups in total. The first-order valence-electron chi connectivity index (χ1n) is 5.31. The first-order valence-corrected chi connectivity index (χ1v) is 5.71. The standard InChI is InChI=1S/C11H9N5OS/c17-10-8-9(14-6-13-8)16(11(18)15-10)5-7-2-1-3-12-4-7/h1-4,6H,5H2,(H,13,14)(H,15,17,18). The number of hydrogen-bond donors (Lipinski definition) is 2. The van der Waals surface area contributed by atoms with Crippen LogP contribution >= 0.6 is 12.2 Å². The van der Waals surface area contributed by atoms with Crippen molar-refractivity contribution in [2.75, 3.05) is 0 Å². The SMILES string of the molecule is O=c1[nH]c(=S)n(Cc2cccnc2)c2nc[nH]c12. The number of imidazole rings is 1. The summed E-state index contributed by atoms with van der Waals surface area (Å²) in [7, 11) is 0. The van der Waals surface area contributed by atoms with Crippen LogP contribution in [0.25, 0.3) is 11.2 Å². The van der Waals surface area contributed by atoms with E-state index in [1.807, 2.05) is 12.1 Å². The van der Waals surface area contributed by atoms with E-state index in [4.69, 9.17) is 12.2 Å². The van der Waals surface area contributed by atoms with Gasteiger partial charge in [-0.05, 0) is 23.8 Å². The van der Waals surface area contributed by atoms with Crippen LogP contribution in [0.5, 0.6) is 0 Å². The molecule has 0 radical (unpaired) electrons. The molecule has 6 nitrogen and oxygen atoms in total. The number of H-pyrrole nitrogens is 2. The fourth-order valence-corrected chi connectivity index (χ4v) is 2.05. The van der Waals surface area contributed by atoms with Gasteiger partial charge in [0.1, 0.15) is 5.52 Å². The Morgan fingerprint density at radius 1 is 1.44 bits per heavy atom. The lowest BCUT2D eigenvalue weighted by atomic mass is 10.3. The van der Waals surface area contributed by atoms with Crippen LogP contribution in [0.2, 0.25) is 0 Å². The smallest absolute Gasteiger partial charge is 0.277 e. The van der Waals surface area contributed by atoms with Gasteiger partial charge in [0, 0.05) is 12.4 Å². The molecule has 7 heteroatoms. The third kappa shape index (κ3) is 1.74. The number of aromatic nitrogens is 5. The number of fused-ring (bicyclic) bond motifs is 1. The van der Waals surface area contributed by atoms with Crippen molar-refractivity contribution in [2.45, 2.75) is 6.54 Å². The predicted molar refractivity (Wildman–Crippen MR) is 68.9 cm³/mol. The van der Waals surface area contributed by atoms with Crippen molar-refractivity contribution >= 4 is 23.4 Å². The summed E-state index contributed by atoms with van der Waals surface area (Å²) >= 11 is 5.17. The lowest BCUT2D eigenvalue weighted by Crippen LogP contribution is -2.15. The Kier molecular flexibility index (Phi) is 2.52. The molecule has 3 aromatic rings. The monoisotopic (exact) mass is 259 g/mol.